The molecule has 3 heteroatoms. The van der Waals surface area contributed by atoms with Crippen molar-refractivity contribution in [1.29, 1.82) is 0 Å². The Morgan fingerprint density at radius 2 is 2.00 bits per heavy atom. The Morgan fingerprint density at radius 1 is 1.43 bits per heavy atom. The third kappa shape index (κ3) is 2.71. The van der Waals surface area contributed by atoms with E-state index in [2.05, 4.69) is 6.58 Å². The summed E-state index contributed by atoms with van der Waals surface area (Å²) in [7, 11) is 0. The first kappa shape index (κ1) is 10.5. The summed E-state index contributed by atoms with van der Waals surface area (Å²) in [5.41, 5.74) is 7.08. The van der Waals surface area contributed by atoms with Crippen molar-refractivity contribution in [3.05, 3.63) is 42.5 Å². The molecule has 0 aliphatic heterocycles. The lowest BCUT2D eigenvalue weighted by Gasteiger charge is -2.08. The maximum absolute atomic E-state index is 10.5. The van der Waals surface area contributed by atoms with E-state index < -0.39 is 12.0 Å². The van der Waals surface area contributed by atoms with Gasteiger partial charge < -0.3 is 10.8 Å². The highest BCUT2D eigenvalue weighted by molar-refractivity contribution is 5.77. The van der Waals surface area contributed by atoms with Crippen LogP contribution in [0, 0.1) is 0 Å². The van der Waals surface area contributed by atoms with Gasteiger partial charge in [0, 0.05) is 0 Å². The summed E-state index contributed by atoms with van der Waals surface area (Å²) in [6, 6.07) is 8.56. The Morgan fingerprint density at radius 3 is 2.50 bits per heavy atom. The van der Waals surface area contributed by atoms with Crippen LogP contribution >= 0.6 is 0 Å². The molecule has 0 unspecified atom stereocenters. The average molecular weight is 191 g/mol. The number of nitrogens with two attached hydrogens (primary N) is 1. The fourth-order valence-electron chi connectivity index (χ4n) is 1.14. The number of benzene rings is 1. The molecule has 1 aromatic rings. The van der Waals surface area contributed by atoms with E-state index in [-0.39, 0.29) is 6.42 Å². The summed E-state index contributed by atoms with van der Waals surface area (Å²) >= 11 is 0. The minimum absolute atomic E-state index is 0.277. The van der Waals surface area contributed by atoms with Gasteiger partial charge >= 0.3 is 5.97 Å². The first-order valence-corrected chi connectivity index (χ1v) is 4.33. The Bertz CT molecular complexity index is 332. The minimum atomic E-state index is -0.998. The lowest BCUT2D eigenvalue weighted by atomic mass is 10.0. The van der Waals surface area contributed by atoms with Gasteiger partial charge in [0.2, 0.25) is 0 Å². The maximum atomic E-state index is 10.5. The van der Waals surface area contributed by atoms with Gasteiger partial charge in [0.1, 0.15) is 6.04 Å². The lowest BCUT2D eigenvalue weighted by molar-refractivity contribution is -0.138. The smallest absolute Gasteiger partial charge is 0.320 e. The van der Waals surface area contributed by atoms with Crippen LogP contribution in [0.1, 0.15) is 12.0 Å². The fraction of sp³-hybridized carbons (Fsp3) is 0.182. The molecule has 1 atom stereocenters. The predicted molar refractivity (Wildman–Crippen MR) is 55.7 cm³/mol. The molecule has 0 aliphatic rings. The molecule has 14 heavy (non-hydrogen) atoms. The van der Waals surface area contributed by atoms with Crippen molar-refractivity contribution in [2.24, 2.45) is 5.73 Å². The van der Waals surface area contributed by atoms with E-state index in [1.807, 2.05) is 30.3 Å². The molecule has 0 aliphatic carbocycles. The van der Waals surface area contributed by atoms with Crippen LogP contribution in [0.5, 0.6) is 0 Å². The summed E-state index contributed by atoms with van der Waals surface area (Å²) in [6.45, 7) is 3.80. The molecule has 3 N–H and O–H groups in total. The van der Waals surface area contributed by atoms with Gasteiger partial charge in [0.15, 0.2) is 0 Å². The first-order chi connectivity index (χ1) is 6.61. The zero-order valence-electron chi connectivity index (χ0n) is 7.81. The Hall–Kier alpha value is -1.61. The molecule has 0 spiro atoms. The summed E-state index contributed by atoms with van der Waals surface area (Å²) in [5, 5.41) is 8.61. The zero-order chi connectivity index (χ0) is 10.6. The van der Waals surface area contributed by atoms with Crippen LogP contribution in [0.4, 0.5) is 0 Å². The third-order valence-corrected chi connectivity index (χ3v) is 1.97. The van der Waals surface area contributed by atoms with Crippen LogP contribution in [0.3, 0.4) is 0 Å². The summed E-state index contributed by atoms with van der Waals surface area (Å²) in [6.07, 6.45) is 0.277. The van der Waals surface area contributed by atoms with E-state index in [0.29, 0.717) is 0 Å². The van der Waals surface area contributed by atoms with Gasteiger partial charge in [-0.25, -0.2) is 0 Å². The van der Waals surface area contributed by atoms with Crippen molar-refractivity contribution < 1.29 is 9.90 Å². The van der Waals surface area contributed by atoms with Crippen molar-refractivity contribution in [3.8, 4) is 0 Å². The highest BCUT2D eigenvalue weighted by atomic mass is 16.4. The molecular formula is C11H13NO2. The monoisotopic (exact) mass is 191 g/mol. The van der Waals surface area contributed by atoms with Crippen LogP contribution < -0.4 is 5.73 Å². The Labute approximate surface area is 82.9 Å². The normalized spacial score (nSPS) is 12.1. The standard InChI is InChI=1S/C11H13NO2/c1-8(7-10(12)11(13)14)9-5-3-2-4-6-9/h2-6,10H,1,7,12H2,(H,13,14)/t10-/m0/s1. The van der Waals surface area contributed by atoms with Crippen LogP contribution in [0.15, 0.2) is 36.9 Å². The van der Waals surface area contributed by atoms with Gasteiger partial charge in [-0.15, -0.1) is 0 Å². The topological polar surface area (TPSA) is 63.3 Å². The molecule has 0 radical (unpaired) electrons. The number of carbonyl (C=O) groups is 1. The number of rotatable bonds is 4. The van der Waals surface area contributed by atoms with E-state index in [1.54, 1.807) is 0 Å². The molecule has 0 bridgehead atoms. The van der Waals surface area contributed by atoms with Crippen molar-refractivity contribution in [3.63, 3.8) is 0 Å². The van der Waals surface area contributed by atoms with E-state index in [4.69, 9.17) is 10.8 Å². The predicted octanol–water partition coefficient (Wildman–Crippen LogP) is 1.50. The second-order valence-electron chi connectivity index (χ2n) is 3.12. The molecule has 0 saturated carbocycles. The number of aliphatic carboxylic acids is 1. The SMILES string of the molecule is C=C(C[C@H](N)C(=O)O)c1ccccc1. The van der Waals surface area contributed by atoms with E-state index in [9.17, 15) is 4.79 Å². The van der Waals surface area contributed by atoms with Crippen LogP contribution in [0.25, 0.3) is 5.57 Å². The fourth-order valence-corrected chi connectivity index (χ4v) is 1.14. The van der Waals surface area contributed by atoms with Gasteiger partial charge in [-0.2, -0.15) is 0 Å². The van der Waals surface area contributed by atoms with Crippen LogP contribution in [-0.2, 0) is 4.79 Å². The Balaban J connectivity index is 2.64. The highest BCUT2D eigenvalue weighted by Gasteiger charge is 2.13. The highest BCUT2D eigenvalue weighted by Crippen LogP contribution is 2.16. The van der Waals surface area contributed by atoms with Crippen molar-refractivity contribution in [1.82, 2.24) is 0 Å². The van der Waals surface area contributed by atoms with Crippen LogP contribution in [-0.4, -0.2) is 17.1 Å². The molecule has 1 aromatic carbocycles. The van der Waals surface area contributed by atoms with E-state index >= 15 is 0 Å². The van der Waals surface area contributed by atoms with E-state index in [1.165, 1.54) is 0 Å². The Kier molecular flexibility index (Phi) is 3.42. The number of carboxylic acid groups (broad SMARTS) is 1. The maximum Gasteiger partial charge on any atom is 0.320 e. The zero-order valence-corrected chi connectivity index (χ0v) is 7.81. The van der Waals surface area contributed by atoms with E-state index in [0.717, 1.165) is 11.1 Å². The van der Waals surface area contributed by atoms with Crippen LogP contribution in [0.2, 0.25) is 0 Å². The largest absolute Gasteiger partial charge is 0.480 e. The quantitative estimate of drug-likeness (QED) is 0.758. The van der Waals surface area contributed by atoms with Gasteiger partial charge in [-0.1, -0.05) is 36.9 Å². The van der Waals surface area contributed by atoms with Gasteiger partial charge in [0.25, 0.3) is 0 Å². The minimum Gasteiger partial charge on any atom is -0.480 e. The molecule has 1 rings (SSSR count). The molecule has 0 fully saturated rings. The van der Waals surface area contributed by atoms with Gasteiger partial charge in [-0.05, 0) is 17.6 Å². The van der Waals surface area contributed by atoms with Gasteiger partial charge in [0.05, 0.1) is 0 Å². The molecule has 0 heterocycles. The molecule has 0 aromatic heterocycles. The van der Waals surface area contributed by atoms with Crippen molar-refractivity contribution in [2.75, 3.05) is 0 Å². The molecule has 0 amide bonds. The molecule has 74 valence electrons. The summed E-state index contributed by atoms with van der Waals surface area (Å²) in [5.74, 6) is -0.998. The molecule has 0 saturated heterocycles. The summed E-state index contributed by atoms with van der Waals surface area (Å²) in [4.78, 5) is 10.5. The third-order valence-electron chi connectivity index (χ3n) is 1.97. The van der Waals surface area contributed by atoms with Crippen molar-refractivity contribution >= 4 is 11.5 Å². The first-order valence-electron chi connectivity index (χ1n) is 4.33. The average Bonchev–Trinajstić information content (AvgIpc) is 2.19. The molecule has 3 nitrogen and oxygen atoms in total. The number of carboxylic acids is 1. The second kappa shape index (κ2) is 4.58. The van der Waals surface area contributed by atoms with Gasteiger partial charge in [-0.3, -0.25) is 4.79 Å². The van der Waals surface area contributed by atoms with Crippen molar-refractivity contribution in [2.45, 2.75) is 12.5 Å². The second-order valence-corrected chi connectivity index (χ2v) is 3.12. The number of hydrogen-bond acceptors (Lipinski definition) is 2. The number of hydrogen-bond donors (Lipinski definition) is 2. The summed E-state index contributed by atoms with van der Waals surface area (Å²) < 4.78 is 0. The lowest BCUT2D eigenvalue weighted by Crippen LogP contribution is -2.30. The molecular weight excluding hydrogens is 178 g/mol.